The number of nitrogens with zero attached hydrogens (tertiary/aromatic N) is 1. The SMILES string of the molecule is Cc1ccc(CN(C)Cc2ccc(C(F)(F)F)cc2)o1. The van der Waals surface area contributed by atoms with Crippen LogP contribution in [0.15, 0.2) is 40.8 Å². The van der Waals surface area contributed by atoms with Crippen molar-refractivity contribution >= 4 is 0 Å². The summed E-state index contributed by atoms with van der Waals surface area (Å²) < 4.78 is 42.8. The first kappa shape index (κ1) is 14.7. The Morgan fingerprint density at radius 3 is 2.15 bits per heavy atom. The van der Waals surface area contributed by atoms with E-state index in [4.69, 9.17) is 4.42 Å². The predicted octanol–water partition coefficient (Wildman–Crippen LogP) is 4.24. The second kappa shape index (κ2) is 5.71. The Kier molecular flexibility index (Phi) is 4.18. The lowest BCUT2D eigenvalue weighted by molar-refractivity contribution is -0.137. The molecule has 0 aliphatic heterocycles. The van der Waals surface area contributed by atoms with Gasteiger partial charge in [-0.15, -0.1) is 0 Å². The Morgan fingerprint density at radius 1 is 1.00 bits per heavy atom. The van der Waals surface area contributed by atoms with Gasteiger partial charge in [0.05, 0.1) is 12.1 Å². The van der Waals surface area contributed by atoms with E-state index in [1.165, 1.54) is 12.1 Å². The summed E-state index contributed by atoms with van der Waals surface area (Å²) in [6.07, 6.45) is -4.28. The molecular weight excluding hydrogens is 267 g/mol. The molecule has 0 bridgehead atoms. The summed E-state index contributed by atoms with van der Waals surface area (Å²) in [4.78, 5) is 1.99. The molecule has 0 aliphatic rings. The van der Waals surface area contributed by atoms with Gasteiger partial charge in [0, 0.05) is 6.54 Å². The van der Waals surface area contributed by atoms with Gasteiger partial charge >= 0.3 is 6.18 Å². The standard InChI is InChI=1S/C15H16F3NO/c1-11-3-8-14(20-11)10-19(2)9-12-4-6-13(7-5-12)15(16,17)18/h3-8H,9-10H2,1-2H3. The highest BCUT2D eigenvalue weighted by Gasteiger charge is 2.29. The Morgan fingerprint density at radius 2 is 1.65 bits per heavy atom. The number of aryl methyl sites for hydroxylation is 1. The summed E-state index contributed by atoms with van der Waals surface area (Å²) in [6, 6.07) is 9.03. The second-order valence-electron chi connectivity index (χ2n) is 4.88. The summed E-state index contributed by atoms with van der Waals surface area (Å²) in [6.45, 7) is 3.06. The number of hydrogen-bond acceptors (Lipinski definition) is 2. The molecule has 0 saturated heterocycles. The van der Waals surface area contributed by atoms with Gasteiger partial charge in [-0.05, 0) is 43.8 Å². The van der Waals surface area contributed by atoms with Crippen molar-refractivity contribution in [3.63, 3.8) is 0 Å². The molecular formula is C15H16F3NO. The van der Waals surface area contributed by atoms with E-state index in [1.54, 1.807) is 0 Å². The highest BCUT2D eigenvalue weighted by Crippen LogP contribution is 2.29. The number of alkyl halides is 3. The molecule has 0 atom stereocenters. The molecule has 0 spiro atoms. The third-order valence-corrected chi connectivity index (χ3v) is 2.96. The van der Waals surface area contributed by atoms with Gasteiger partial charge in [-0.1, -0.05) is 12.1 Å². The average molecular weight is 283 g/mol. The molecule has 2 rings (SSSR count). The molecule has 1 heterocycles. The first-order valence-corrected chi connectivity index (χ1v) is 6.24. The molecule has 0 radical (unpaired) electrons. The molecule has 0 fully saturated rings. The van der Waals surface area contributed by atoms with Crippen molar-refractivity contribution in [2.75, 3.05) is 7.05 Å². The monoisotopic (exact) mass is 283 g/mol. The number of rotatable bonds is 4. The van der Waals surface area contributed by atoms with Crippen LogP contribution in [-0.2, 0) is 19.3 Å². The fourth-order valence-electron chi connectivity index (χ4n) is 2.00. The zero-order valence-electron chi connectivity index (χ0n) is 11.4. The highest BCUT2D eigenvalue weighted by molar-refractivity contribution is 5.24. The Labute approximate surface area is 115 Å². The van der Waals surface area contributed by atoms with Crippen LogP contribution in [0.2, 0.25) is 0 Å². The minimum Gasteiger partial charge on any atom is -0.465 e. The van der Waals surface area contributed by atoms with Crippen LogP contribution in [-0.4, -0.2) is 11.9 Å². The minimum absolute atomic E-state index is 0.567. The van der Waals surface area contributed by atoms with Gasteiger partial charge in [-0.3, -0.25) is 4.90 Å². The van der Waals surface area contributed by atoms with Crippen molar-refractivity contribution in [1.82, 2.24) is 4.90 Å². The van der Waals surface area contributed by atoms with Crippen LogP contribution in [0.5, 0.6) is 0 Å². The first-order valence-electron chi connectivity index (χ1n) is 6.24. The van der Waals surface area contributed by atoms with Crippen LogP contribution in [0.25, 0.3) is 0 Å². The summed E-state index contributed by atoms with van der Waals surface area (Å²) in [7, 11) is 1.90. The third-order valence-electron chi connectivity index (χ3n) is 2.96. The average Bonchev–Trinajstić information content (AvgIpc) is 2.74. The molecule has 20 heavy (non-hydrogen) atoms. The summed E-state index contributed by atoms with van der Waals surface area (Å²) >= 11 is 0. The number of furan rings is 1. The van der Waals surface area contributed by atoms with Crippen molar-refractivity contribution in [3.05, 3.63) is 59.0 Å². The number of hydrogen-bond donors (Lipinski definition) is 0. The quantitative estimate of drug-likeness (QED) is 0.834. The predicted molar refractivity (Wildman–Crippen MR) is 70.1 cm³/mol. The second-order valence-corrected chi connectivity index (χ2v) is 4.88. The van der Waals surface area contributed by atoms with Gasteiger partial charge < -0.3 is 4.42 Å². The molecule has 5 heteroatoms. The third kappa shape index (κ3) is 3.87. The van der Waals surface area contributed by atoms with E-state index >= 15 is 0 Å². The van der Waals surface area contributed by atoms with Gasteiger partial charge in [0.25, 0.3) is 0 Å². The molecule has 2 nitrogen and oxygen atoms in total. The van der Waals surface area contributed by atoms with E-state index in [0.717, 1.165) is 29.2 Å². The Bertz CT molecular complexity index is 557. The lowest BCUT2D eigenvalue weighted by Gasteiger charge is -2.15. The van der Waals surface area contributed by atoms with Crippen LogP contribution in [0.4, 0.5) is 13.2 Å². The summed E-state index contributed by atoms with van der Waals surface area (Å²) in [5.41, 5.74) is 0.217. The summed E-state index contributed by atoms with van der Waals surface area (Å²) in [5.74, 6) is 1.69. The fourth-order valence-corrected chi connectivity index (χ4v) is 2.00. The molecule has 0 unspecified atom stereocenters. The maximum Gasteiger partial charge on any atom is 0.416 e. The van der Waals surface area contributed by atoms with E-state index in [9.17, 15) is 13.2 Å². The molecule has 2 aromatic rings. The Hall–Kier alpha value is -1.75. The van der Waals surface area contributed by atoms with E-state index in [2.05, 4.69) is 0 Å². The number of halogens is 3. The highest BCUT2D eigenvalue weighted by atomic mass is 19.4. The molecule has 1 aromatic carbocycles. The van der Waals surface area contributed by atoms with Crippen LogP contribution in [0.3, 0.4) is 0 Å². The zero-order valence-corrected chi connectivity index (χ0v) is 11.4. The zero-order chi connectivity index (χ0) is 14.8. The van der Waals surface area contributed by atoms with Crippen LogP contribution in [0, 0.1) is 6.92 Å². The van der Waals surface area contributed by atoms with Gasteiger partial charge in [0.15, 0.2) is 0 Å². The number of benzene rings is 1. The van der Waals surface area contributed by atoms with Gasteiger partial charge in [0.1, 0.15) is 11.5 Å². The lowest BCUT2D eigenvalue weighted by Crippen LogP contribution is -2.17. The van der Waals surface area contributed by atoms with Crippen molar-refractivity contribution < 1.29 is 17.6 Å². The lowest BCUT2D eigenvalue weighted by atomic mass is 10.1. The molecule has 0 amide bonds. The first-order chi connectivity index (χ1) is 9.34. The van der Waals surface area contributed by atoms with E-state index in [-0.39, 0.29) is 0 Å². The van der Waals surface area contributed by atoms with E-state index in [1.807, 2.05) is 31.0 Å². The van der Waals surface area contributed by atoms with Crippen LogP contribution < -0.4 is 0 Å². The molecule has 0 aliphatic carbocycles. The van der Waals surface area contributed by atoms with Crippen LogP contribution >= 0.6 is 0 Å². The molecule has 0 saturated carbocycles. The smallest absolute Gasteiger partial charge is 0.416 e. The van der Waals surface area contributed by atoms with Crippen molar-refractivity contribution in [2.24, 2.45) is 0 Å². The maximum atomic E-state index is 12.4. The van der Waals surface area contributed by atoms with Gasteiger partial charge in [-0.2, -0.15) is 13.2 Å². The normalized spacial score (nSPS) is 12.1. The summed E-state index contributed by atoms with van der Waals surface area (Å²) in [5, 5.41) is 0. The topological polar surface area (TPSA) is 16.4 Å². The van der Waals surface area contributed by atoms with E-state index in [0.29, 0.717) is 13.1 Å². The molecule has 1 aromatic heterocycles. The fraction of sp³-hybridized carbons (Fsp3) is 0.333. The van der Waals surface area contributed by atoms with Crippen molar-refractivity contribution in [1.29, 1.82) is 0 Å². The maximum absolute atomic E-state index is 12.4. The largest absolute Gasteiger partial charge is 0.465 e. The van der Waals surface area contributed by atoms with Gasteiger partial charge in [0.2, 0.25) is 0 Å². The minimum atomic E-state index is -4.28. The van der Waals surface area contributed by atoms with Crippen LogP contribution in [0.1, 0.15) is 22.6 Å². The van der Waals surface area contributed by atoms with Gasteiger partial charge in [-0.25, -0.2) is 0 Å². The Balaban J connectivity index is 1.96. The van der Waals surface area contributed by atoms with Crippen molar-refractivity contribution in [2.45, 2.75) is 26.2 Å². The van der Waals surface area contributed by atoms with E-state index < -0.39 is 11.7 Å². The molecule has 108 valence electrons. The van der Waals surface area contributed by atoms with Crippen molar-refractivity contribution in [3.8, 4) is 0 Å². The molecule has 0 N–H and O–H groups in total.